The predicted molar refractivity (Wildman–Crippen MR) is 162 cm³/mol. The van der Waals surface area contributed by atoms with E-state index >= 15 is 0 Å². The molecule has 10 nitrogen and oxygen atoms in total. The smallest absolute Gasteiger partial charge is 0.471 e. The van der Waals surface area contributed by atoms with E-state index in [9.17, 15) is 19.8 Å². The molecular formula is C33H42O10Si. The van der Waals surface area contributed by atoms with Crippen LogP contribution < -0.4 is 13.6 Å². The lowest BCUT2D eigenvalue weighted by Gasteiger charge is -2.51. The average Bonchev–Trinajstić information content (AvgIpc) is 3.61. The van der Waals surface area contributed by atoms with E-state index in [0.29, 0.717) is 46.6 Å². The van der Waals surface area contributed by atoms with E-state index in [4.69, 9.17) is 27.8 Å². The summed E-state index contributed by atoms with van der Waals surface area (Å²) in [6.45, 7) is 13.8. The molecule has 4 atom stereocenters. The minimum absolute atomic E-state index is 0.0114. The molecule has 2 bridgehead atoms. The number of carbonyl (C=O) groups is 2. The number of aliphatic hydroxyl groups is 2. The molecule has 238 valence electrons. The first-order chi connectivity index (χ1) is 20.6. The fourth-order valence-electron chi connectivity index (χ4n) is 8.43. The van der Waals surface area contributed by atoms with Gasteiger partial charge in [0.05, 0.1) is 43.8 Å². The molecule has 7 rings (SSSR count). The van der Waals surface area contributed by atoms with Gasteiger partial charge >= 0.3 is 8.56 Å². The molecule has 2 aromatic carbocycles. The highest BCUT2D eigenvalue weighted by atomic mass is 28.4. The Balaban J connectivity index is 1.55. The molecule has 44 heavy (non-hydrogen) atoms. The minimum Gasteiger partial charge on any atom is -0.510 e. The highest BCUT2D eigenvalue weighted by Gasteiger charge is 2.83. The van der Waals surface area contributed by atoms with Gasteiger partial charge in [-0.2, -0.15) is 0 Å². The Morgan fingerprint density at radius 3 is 2.18 bits per heavy atom. The third kappa shape index (κ3) is 3.48. The standard InChI is InChI=1S/C33H42O10Si/c1-16-12-19-23-25(21(16)27-28-29(37)32(15-39-32)33(40-27,41-28)17(13-34)14-35)42-44(30(2,3)4,31(5,6)7)43-26(23)22-18(24(19)38-8)10-9-11-20(22)36/h12,17,27-28,34-35H,9-11,13-15H2,1-8H3. The summed E-state index contributed by atoms with van der Waals surface area (Å²) >= 11 is 0. The fourth-order valence-corrected chi connectivity index (χ4v) is 12.9. The molecule has 1 spiro atoms. The van der Waals surface area contributed by atoms with Gasteiger partial charge in [-0.1, -0.05) is 41.5 Å². The summed E-state index contributed by atoms with van der Waals surface area (Å²) in [7, 11) is -1.71. The van der Waals surface area contributed by atoms with Gasteiger partial charge in [-0.3, -0.25) is 9.59 Å². The molecule has 0 amide bonds. The summed E-state index contributed by atoms with van der Waals surface area (Å²) in [5.41, 5.74) is 1.47. The second-order valence-corrected chi connectivity index (χ2v) is 19.6. The number of hydrogen-bond acceptors (Lipinski definition) is 10. The number of Topliss-reactive ketones (excluding diaryl/α,β-unsaturated/α-hetero) is 2. The molecule has 11 heteroatoms. The maximum absolute atomic E-state index is 13.9. The number of carbonyl (C=O) groups excluding carboxylic acids is 2. The number of hydrogen-bond donors (Lipinski definition) is 2. The van der Waals surface area contributed by atoms with Crippen LogP contribution in [0.3, 0.4) is 0 Å². The Morgan fingerprint density at radius 2 is 1.61 bits per heavy atom. The number of methoxy groups -OCH3 is 1. The first-order valence-corrected chi connectivity index (χ1v) is 17.3. The molecule has 3 fully saturated rings. The normalized spacial score (nSPS) is 30.2. The van der Waals surface area contributed by atoms with Crippen LogP contribution in [-0.4, -0.2) is 74.8 Å². The molecule has 2 N–H and O–H groups in total. The monoisotopic (exact) mass is 626 g/mol. The average molecular weight is 627 g/mol. The second kappa shape index (κ2) is 9.26. The molecule has 3 saturated heterocycles. The molecule has 0 radical (unpaired) electrons. The van der Waals surface area contributed by atoms with E-state index in [-0.39, 0.29) is 18.2 Å². The molecule has 4 aliphatic heterocycles. The lowest BCUT2D eigenvalue weighted by atomic mass is 9.80. The summed E-state index contributed by atoms with van der Waals surface area (Å²) in [5.74, 6) is -1.14. The molecule has 4 unspecified atom stereocenters. The van der Waals surface area contributed by atoms with Gasteiger partial charge in [0.15, 0.2) is 11.9 Å². The third-order valence-corrected chi connectivity index (χ3v) is 15.3. The number of aliphatic hydroxyl groups excluding tert-OH is 2. The Labute approximate surface area is 258 Å². The van der Waals surface area contributed by atoms with Crippen molar-refractivity contribution in [2.75, 3.05) is 26.9 Å². The van der Waals surface area contributed by atoms with E-state index in [1.165, 1.54) is 0 Å². The Kier molecular flexibility index (Phi) is 6.34. The summed E-state index contributed by atoms with van der Waals surface area (Å²) in [4.78, 5) is 27.6. The van der Waals surface area contributed by atoms with Gasteiger partial charge in [-0.25, -0.2) is 0 Å². The zero-order valence-electron chi connectivity index (χ0n) is 26.7. The zero-order chi connectivity index (χ0) is 31.8. The van der Waals surface area contributed by atoms with Gasteiger partial charge in [0.25, 0.3) is 0 Å². The predicted octanol–water partition coefficient (Wildman–Crippen LogP) is 4.59. The maximum atomic E-state index is 13.9. The van der Waals surface area contributed by atoms with Crippen molar-refractivity contribution in [3.63, 3.8) is 0 Å². The maximum Gasteiger partial charge on any atom is 0.471 e. The van der Waals surface area contributed by atoms with E-state index in [2.05, 4.69) is 41.5 Å². The van der Waals surface area contributed by atoms with Crippen LogP contribution >= 0.6 is 0 Å². The van der Waals surface area contributed by atoms with Gasteiger partial charge in [-0.15, -0.1) is 0 Å². The van der Waals surface area contributed by atoms with Crippen molar-refractivity contribution in [1.82, 2.24) is 0 Å². The SMILES string of the molecule is COc1c2c(c3c4c(c(C5OC6(C(CO)CO)OC5C(=O)C65CO5)c(C)cc14)O[Si](C(C)(C)C)(C(C)(C)C)O3)C(=O)CCC2. The lowest BCUT2D eigenvalue weighted by molar-refractivity contribution is -0.239. The van der Waals surface area contributed by atoms with Crippen molar-refractivity contribution in [1.29, 1.82) is 0 Å². The summed E-state index contributed by atoms with van der Waals surface area (Å²) < 4.78 is 39.2. The van der Waals surface area contributed by atoms with Crippen LogP contribution in [0, 0.1) is 12.8 Å². The van der Waals surface area contributed by atoms with Crippen molar-refractivity contribution in [2.45, 2.75) is 101 Å². The van der Waals surface area contributed by atoms with E-state index in [0.717, 1.165) is 22.9 Å². The molecule has 1 aliphatic carbocycles. The van der Waals surface area contributed by atoms with Crippen LogP contribution in [0.15, 0.2) is 6.07 Å². The number of fused-ring (bicyclic) bond motifs is 5. The highest BCUT2D eigenvalue weighted by molar-refractivity contribution is 6.75. The molecule has 5 aliphatic rings. The number of rotatable bonds is 5. The van der Waals surface area contributed by atoms with Gasteiger partial charge < -0.3 is 38.0 Å². The topological polar surface area (TPSA) is 133 Å². The lowest BCUT2D eigenvalue weighted by Crippen LogP contribution is -2.63. The zero-order valence-corrected chi connectivity index (χ0v) is 27.7. The van der Waals surface area contributed by atoms with Crippen LogP contribution in [0.2, 0.25) is 10.1 Å². The Bertz CT molecular complexity index is 1600. The summed E-state index contributed by atoms with van der Waals surface area (Å²) in [6, 6.07) is 1.98. The third-order valence-electron chi connectivity index (χ3n) is 10.4. The first-order valence-electron chi connectivity index (χ1n) is 15.5. The van der Waals surface area contributed by atoms with Crippen LogP contribution in [0.25, 0.3) is 10.8 Å². The summed E-state index contributed by atoms with van der Waals surface area (Å²) in [6.07, 6.45) is -0.113. The largest absolute Gasteiger partial charge is 0.510 e. The van der Waals surface area contributed by atoms with E-state index in [1.54, 1.807) is 7.11 Å². The molecule has 2 aromatic rings. The second-order valence-electron chi connectivity index (χ2n) is 15.0. The number of ether oxygens (including phenoxy) is 4. The van der Waals surface area contributed by atoms with Gasteiger partial charge in [0.1, 0.15) is 23.4 Å². The van der Waals surface area contributed by atoms with Crippen LogP contribution in [0.5, 0.6) is 17.2 Å². The Hall–Kier alpha value is -2.54. The molecule has 0 aromatic heterocycles. The number of ketones is 2. The van der Waals surface area contributed by atoms with Crippen LogP contribution in [-0.2, 0) is 25.4 Å². The van der Waals surface area contributed by atoms with Crippen molar-refractivity contribution in [2.24, 2.45) is 5.92 Å². The van der Waals surface area contributed by atoms with E-state index < -0.39 is 61.4 Å². The van der Waals surface area contributed by atoms with Crippen LogP contribution in [0.1, 0.15) is 87.5 Å². The quantitative estimate of drug-likeness (QED) is 0.359. The molecule has 0 saturated carbocycles. The molecule has 4 heterocycles. The number of benzene rings is 2. The van der Waals surface area contributed by atoms with Gasteiger partial charge in [0, 0.05) is 33.0 Å². The van der Waals surface area contributed by atoms with Gasteiger partial charge in [0.2, 0.25) is 17.2 Å². The molecular weight excluding hydrogens is 584 g/mol. The van der Waals surface area contributed by atoms with E-state index in [1.807, 2.05) is 13.0 Å². The van der Waals surface area contributed by atoms with Crippen molar-refractivity contribution < 1.29 is 47.6 Å². The fraction of sp³-hybridized carbons (Fsp3) is 0.636. The Morgan fingerprint density at radius 1 is 1.00 bits per heavy atom. The van der Waals surface area contributed by atoms with Gasteiger partial charge in [-0.05, 0) is 31.4 Å². The van der Waals surface area contributed by atoms with Crippen LogP contribution in [0.4, 0.5) is 0 Å². The van der Waals surface area contributed by atoms with Crippen molar-refractivity contribution in [3.8, 4) is 17.2 Å². The summed E-state index contributed by atoms with van der Waals surface area (Å²) in [5, 5.41) is 20.9. The highest BCUT2D eigenvalue weighted by Crippen LogP contribution is 2.65. The van der Waals surface area contributed by atoms with Crippen molar-refractivity contribution >= 4 is 30.9 Å². The van der Waals surface area contributed by atoms with Crippen molar-refractivity contribution in [3.05, 3.63) is 28.3 Å². The first kappa shape index (κ1) is 30.1. The number of aryl methyl sites for hydroxylation is 1. The minimum atomic E-state index is -3.32. The number of epoxide rings is 1.